The molecule has 0 heterocycles. The monoisotopic (exact) mass is 368 g/mol. The molecule has 0 atom stereocenters. The average molecular weight is 369 g/mol. The molecule has 18 nitrogen and oxygen atoms in total. The number of nitrogens with zero attached hydrogens (tertiary/aromatic N) is 2. The normalized spacial score (nSPS) is 2.40. The number of hydrogen-bond donors (Lipinski definition) is 0. The van der Waals surface area contributed by atoms with E-state index in [1.54, 1.807) is 0 Å². The summed E-state index contributed by atoms with van der Waals surface area (Å²) in [4.78, 5) is 16.5. The van der Waals surface area contributed by atoms with E-state index in [0.29, 0.717) is 0 Å². The summed E-state index contributed by atoms with van der Waals surface area (Å²) in [6.07, 6.45) is 0. The molecular formula is H20CaMgN2O16+2. The molecule has 0 fully saturated rings. The molecule has 0 radical (unpaired) electrons. The van der Waals surface area contributed by atoms with E-state index in [-0.39, 0.29) is 116 Å². The fraction of sp³-hybridized carbons (Fsp3) is 0. The summed E-state index contributed by atoms with van der Waals surface area (Å²) in [5.74, 6) is 0. The molecule has 0 aromatic heterocycles. The summed E-state index contributed by atoms with van der Waals surface area (Å²) in [5, 5.41) is 29.5. The van der Waals surface area contributed by atoms with E-state index in [0.717, 1.165) is 0 Å². The van der Waals surface area contributed by atoms with Crippen LogP contribution < -0.4 is 0 Å². The van der Waals surface area contributed by atoms with Crippen LogP contribution in [0.25, 0.3) is 0 Å². The predicted molar refractivity (Wildman–Crippen MR) is 68.4 cm³/mol. The van der Waals surface area contributed by atoms with Crippen molar-refractivity contribution in [2.24, 2.45) is 0 Å². The van der Waals surface area contributed by atoms with Gasteiger partial charge in [-0.3, -0.25) is 0 Å². The second-order valence-electron chi connectivity index (χ2n) is 0.447. The first-order chi connectivity index (χ1) is 3.46. The fourth-order valence-electron chi connectivity index (χ4n) is 0. The summed E-state index contributed by atoms with van der Waals surface area (Å²) in [5.41, 5.74) is 0. The van der Waals surface area contributed by atoms with Crippen LogP contribution in [-0.2, 0) is 0 Å². The Morgan fingerprint density at radius 2 is 0.450 bits per heavy atom. The van der Waals surface area contributed by atoms with Crippen LogP contribution in [0.1, 0.15) is 0 Å². The molecule has 0 aliphatic heterocycles. The molecule has 0 saturated heterocycles. The maximum Gasteiger partial charge on any atom is 2.00 e. The Labute approximate surface area is 155 Å². The Balaban J connectivity index is -0.00000000187. The molecule has 0 spiro atoms. The summed E-state index contributed by atoms with van der Waals surface area (Å²) in [7, 11) is 0. The summed E-state index contributed by atoms with van der Waals surface area (Å²) >= 11 is 0. The van der Waals surface area contributed by atoms with Crippen LogP contribution in [-0.4, -0.2) is 126 Å². The third kappa shape index (κ3) is 7750000. The van der Waals surface area contributed by atoms with Crippen LogP contribution in [0.15, 0.2) is 0 Å². The zero-order valence-corrected chi connectivity index (χ0v) is 13.4. The first-order valence-corrected chi connectivity index (χ1v) is 1.10. The summed E-state index contributed by atoms with van der Waals surface area (Å²) < 4.78 is 0. The third-order valence-corrected chi connectivity index (χ3v) is 0. The predicted octanol–water partition coefficient (Wildman–Crippen LogP) is -9.49. The van der Waals surface area contributed by atoms with Gasteiger partial charge in [0.15, 0.2) is 0 Å². The maximum absolute atomic E-state index is 8.25. The number of rotatable bonds is 0. The SMILES string of the molecule is O.O.O.O.O.O.O.O.O.O.O=[N+]([O-])[O-].O=[N+]([O-])[O-].[Ca+2].[Mg+2]. The van der Waals surface area contributed by atoms with Crippen LogP contribution in [0.3, 0.4) is 0 Å². The molecule has 20 heavy (non-hydrogen) atoms. The van der Waals surface area contributed by atoms with Gasteiger partial charge in [-0.05, 0) is 0 Å². The standard InChI is InChI=1S/Ca.Mg.2NO3.10H2O/c;;2*2-1(3)4;;;;;;;;;;/h;;;;10*1H2/q2*+2;2*-1;;;;;;;;;;. The molecule has 0 aliphatic rings. The van der Waals surface area contributed by atoms with Crippen molar-refractivity contribution in [3.8, 4) is 0 Å². The molecular weight excluding hydrogens is 348 g/mol. The van der Waals surface area contributed by atoms with Gasteiger partial charge in [-0.2, -0.15) is 0 Å². The molecule has 128 valence electrons. The largest absolute Gasteiger partial charge is 2.00 e. The van der Waals surface area contributed by atoms with Crippen LogP contribution in [0.4, 0.5) is 0 Å². The molecule has 0 aromatic carbocycles. The van der Waals surface area contributed by atoms with Gasteiger partial charge in [-0.25, -0.2) is 0 Å². The first kappa shape index (κ1) is 200. The maximum atomic E-state index is 8.25. The van der Waals surface area contributed by atoms with Crippen molar-refractivity contribution in [3.63, 3.8) is 0 Å². The van der Waals surface area contributed by atoms with Crippen LogP contribution in [0.5, 0.6) is 0 Å². The van der Waals surface area contributed by atoms with Gasteiger partial charge in [0.05, 0.1) is 10.2 Å². The Hall–Kier alpha value is 0.0260. The molecule has 20 heteroatoms. The Morgan fingerprint density at radius 1 is 0.450 bits per heavy atom. The quantitative estimate of drug-likeness (QED) is 0.226. The Morgan fingerprint density at radius 3 is 0.450 bits per heavy atom. The van der Waals surface area contributed by atoms with Gasteiger partial charge >= 0.3 is 60.8 Å². The van der Waals surface area contributed by atoms with Gasteiger partial charge in [-0.1, -0.05) is 0 Å². The van der Waals surface area contributed by atoms with Crippen molar-refractivity contribution < 1.29 is 64.9 Å². The van der Waals surface area contributed by atoms with Crippen LogP contribution in [0.2, 0.25) is 0 Å². The van der Waals surface area contributed by atoms with Crippen molar-refractivity contribution in [3.05, 3.63) is 30.6 Å². The zero-order valence-electron chi connectivity index (χ0n) is 9.76. The molecule has 0 unspecified atom stereocenters. The van der Waals surface area contributed by atoms with Gasteiger partial charge in [0.25, 0.3) is 0 Å². The Kier molecular flexibility index (Phi) is 1700. The molecule has 0 aliphatic carbocycles. The zero-order chi connectivity index (χ0) is 7.15. The summed E-state index contributed by atoms with van der Waals surface area (Å²) in [6, 6.07) is 0. The van der Waals surface area contributed by atoms with Crippen molar-refractivity contribution >= 4 is 60.8 Å². The van der Waals surface area contributed by atoms with E-state index >= 15 is 0 Å². The first-order valence-electron chi connectivity index (χ1n) is 1.10. The van der Waals surface area contributed by atoms with Gasteiger partial charge in [-0.15, -0.1) is 0 Å². The minimum Gasteiger partial charge on any atom is -0.412 e. The second kappa shape index (κ2) is 170. The van der Waals surface area contributed by atoms with E-state index in [1.165, 1.54) is 0 Å². The molecule has 0 amide bonds. The Bertz CT molecular complexity index is 78.5. The minimum atomic E-state index is -1.75. The van der Waals surface area contributed by atoms with Gasteiger partial charge in [0.2, 0.25) is 0 Å². The van der Waals surface area contributed by atoms with Crippen LogP contribution in [0, 0.1) is 30.6 Å². The molecule has 20 N–H and O–H groups in total. The topological polar surface area (TPSA) is 447 Å². The van der Waals surface area contributed by atoms with Gasteiger partial charge in [0, 0.05) is 0 Å². The van der Waals surface area contributed by atoms with E-state index in [9.17, 15) is 0 Å². The third-order valence-electron chi connectivity index (χ3n) is 0. The van der Waals surface area contributed by atoms with E-state index in [4.69, 9.17) is 30.6 Å². The minimum absolute atomic E-state index is 0. The van der Waals surface area contributed by atoms with Gasteiger partial charge in [0.1, 0.15) is 0 Å². The molecule has 0 rings (SSSR count). The number of hydrogen-bond acceptors (Lipinski definition) is 6. The molecule has 0 bridgehead atoms. The fourth-order valence-corrected chi connectivity index (χ4v) is 0. The van der Waals surface area contributed by atoms with Crippen molar-refractivity contribution in [2.75, 3.05) is 0 Å². The van der Waals surface area contributed by atoms with Crippen molar-refractivity contribution in [1.29, 1.82) is 0 Å². The van der Waals surface area contributed by atoms with Gasteiger partial charge < -0.3 is 85.4 Å². The summed E-state index contributed by atoms with van der Waals surface area (Å²) in [6.45, 7) is 0. The average Bonchev–Trinajstić information content (AvgIpc) is 1.25. The van der Waals surface area contributed by atoms with E-state index < -0.39 is 10.2 Å². The van der Waals surface area contributed by atoms with Crippen LogP contribution >= 0.6 is 0 Å². The molecule has 0 saturated carbocycles. The van der Waals surface area contributed by atoms with E-state index in [1.807, 2.05) is 0 Å². The smallest absolute Gasteiger partial charge is 0.412 e. The van der Waals surface area contributed by atoms with Crippen molar-refractivity contribution in [1.82, 2.24) is 0 Å². The van der Waals surface area contributed by atoms with Crippen molar-refractivity contribution in [2.45, 2.75) is 0 Å². The second-order valence-corrected chi connectivity index (χ2v) is 0.447. The van der Waals surface area contributed by atoms with E-state index in [2.05, 4.69) is 0 Å². The molecule has 0 aromatic rings.